The number of rotatable bonds is 3. The summed E-state index contributed by atoms with van der Waals surface area (Å²) in [7, 11) is 0. The van der Waals surface area contributed by atoms with Crippen LogP contribution in [0.25, 0.3) is 10.9 Å². The van der Waals surface area contributed by atoms with E-state index in [0.717, 1.165) is 22.2 Å². The summed E-state index contributed by atoms with van der Waals surface area (Å²) < 4.78 is 0. The fourth-order valence-electron chi connectivity index (χ4n) is 2.16. The van der Waals surface area contributed by atoms with Crippen molar-refractivity contribution in [2.75, 3.05) is 5.43 Å². The summed E-state index contributed by atoms with van der Waals surface area (Å²) in [5.41, 5.74) is 7.99. The molecule has 3 aromatic rings. The van der Waals surface area contributed by atoms with Crippen molar-refractivity contribution in [1.29, 1.82) is 0 Å². The average Bonchev–Trinajstić information content (AvgIpc) is 2.50. The topological polar surface area (TPSA) is 37.3 Å². The van der Waals surface area contributed by atoms with Gasteiger partial charge in [0.05, 0.1) is 17.4 Å². The molecule has 0 amide bonds. The molecule has 3 nitrogen and oxygen atoms in total. The maximum Gasteiger partial charge on any atom is 0.138 e. The van der Waals surface area contributed by atoms with Gasteiger partial charge in [0.15, 0.2) is 0 Å². The molecule has 0 saturated carbocycles. The van der Waals surface area contributed by atoms with Gasteiger partial charge in [0.1, 0.15) is 5.15 Å². The number of benzene rings is 2. The second-order valence-corrected chi connectivity index (χ2v) is 5.66. The molecule has 0 aliphatic heterocycles. The Bertz CT molecular complexity index is 839. The fourth-order valence-corrected chi connectivity index (χ4v) is 2.36. The van der Waals surface area contributed by atoms with Crippen molar-refractivity contribution in [3.8, 4) is 0 Å². The number of aromatic nitrogens is 1. The maximum absolute atomic E-state index is 6.23. The number of hydrazone groups is 1. The van der Waals surface area contributed by atoms with Crippen LogP contribution < -0.4 is 5.43 Å². The average molecular weight is 310 g/mol. The van der Waals surface area contributed by atoms with Crippen LogP contribution >= 0.6 is 11.6 Å². The second-order valence-electron chi connectivity index (χ2n) is 5.30. The highest BCUT2D eigenvalue weighted by molar-refractivity contribution is 6.32. The zero-order chi connectivity index (χ0) is 15.5. The monoisotopic (exact) mass is 309 g/mol. The molecule has 4 heteroatoms. The van der Waals surface area contributed by atoms with Crippen LogP contribution in [0, 0.1) is 13.8 Å². The summed E-state index contributed by atoms with van der Waals surface area (Å²) in [5.74, 6) is 0. The number of anilines is 1. The summed E-state index contributed by atoms with van der Waals surface area (Å²) in [6.07, 6.45) is 1.69. The third kappa shape index (κ3) is 3.26. The molecule has 3 rings (SSSR count). The zero-order valence-electron chi connectivity index (χ0n) is 12.5. The number of hydrogen-bond donors (Lipinski definition) is 1. The van der Waals surface area contributed by atoms with Crippen LogP contribution in [0.15, 0.2) is 53.6 Å². The molecular formula is C18H16ClN3. The van der Waals surface area contributed by atoms with Gasteiger partial charge in [0.2, 0.25) is 0 Å². The van der Waals surface area contributed by atoms with Crippen LogP contribution in [0.3, 0.4) is 0 Å². The highest BCUT2D eigenvalue weighted by atomic mass is 35.5. The van der Waals surface area contributed by atoms with Crippen LogP contribution in [0.4, 0.5) is 5.69 Å². The lowest BCUT2D eigenvalue weighted by atomic mass is 10.1. The van der Waals surface area contributed by atoms with Crippen molar-refractivity contribution >= 4 is 34.4 Å². The van der Waals surface area contributed by atoms with E-state index in [1.54, 1.807) is 6.21 Å². The van der Waals surface area contributed by atoms with Crippen molar-refractivity contribution in [3.63, 3.8) is 0 Å². The van der Waals surface area contributed by atoms with Crippen LogP contribution in [0.5, 0.6) is 0 Å². The first-order valence-corrected chi connectivity index (χ1v) is 7.42. The van der Waals surface area contributed by atoms with Crippen molar-refractivity contribution in [2.24, 2.45) is 5.10 Å². The largest absolute Gasteiger partial charge is 0.279 e. The molecule has 0 aliphatic carbocycles. The quantitative estimate of drug-likeness (QED) is 0.422. The summed E-state index contributed by atoms with van der Waals surface area (Å²) in [6, 6.07) is 16.1. The Hall–Kier alpha value is -2.39. The minimum Gasteiger partial charge on any atom is -0.279 e. The van der Waals surface area contributed by atoms with Crippen molar-refractivity contribution < 1.29 is 0 Å². The molecule has 1 aromatic heterocycles. The minimum atomic E-state index is 0.451. The Morgan fingerprint density at radius 3 is 2.50 bits per heavy atom. The highest BCUT2D eigenvalue weighted by Crippen LogP contribution is 2.20. The standard InChI is InChI=1S/C18H16ClN3/c1-12-4-7-16(8-5-12)22-20-11-15-10-14-6-3-13(2)9-17(14)21-18(15)19/h3-11,22H,1-2H3/b20-11-. The summed E-state index contributed by atoms with van der Waals surface area (Å²) in [6.45, 7) is 4.09. The first-order valence-electron chi connectivity index (χ1n) is 7.04. The van der Waals surface area contributed by atoms with Gasteiger partial charge in [-0.25, -0.2) is 4.98 Å². The molecule has 2 aromatic carbocycles. The second kappa shape index (κ2) is 6.16. The molecule has 0 aliphatic rings. The molecule has 0 fully saturated rings. The van der Waals surface area contributed by atoms with E-state index >= 15 is 0 Å². The van der Waals surface area contributed by atoms with Crippen LogP contribution in [-0.2, 0) is 0 Å². The van der Waals surface area contributed by atoms with E-state index in [9.17, 15) is 0 Å². The first-order chi connectivity index (χ1) is 10.6. The summed E-state index contributed by atoms with van der Waals surface area (Å²) >= 11 is 6.23. The SMILES string of the molecule is Cc1ccc(N/N=C\c2cc3ccc(C)cc3nc2Cl)cc1. The van der Waals surface area contributed by atoms with Gasteiger partial charge in [0, 0.05) is 10.9 Å². The number of hydrogen-bond acceptors (Lipinski definition) is 3. The van der Waals surface area contributed by atoms with Gasteiger partial charge in [-0.15, -0.1) is 0 Å². The molecule has 1 heterocycles. The Balaban J connectivity index is 1.83. The molecular weight excluding hydrogens is 294 g/mol. The molecule has 0 radical (unpaired) electrons. The van der Waals surface area contributed by atoms with Gasteiger partial charge in [-0.3, -0.25) is 5.43 Å². The molecule has 22 heavy (non-hydrogen) atoms. The normalized spacial score (nSPS) is 11.2. The number of nitrogens with zero attached hydrogens (tertiary/aromatic N) is 2. The van der Waals surface area contributed by atoms with E-state index in [0.29, 0.717) is 5.15 Å². The van der Waals surface area contributed by atoms with Crippen LogP contribution in [0.2, 0.25) is 5.15 Å². The third-order valence-corrected chi connectivity index (χ3v) is 3.71. The van der Waals surface area contributed by atoms with Gasteiger partial charge >= 0.3 is 0 Å². The predicted molar refractivity (Wildman–Crippen MR) is 93.9 cm³/mol. The molecule has 1 N–H and O–H groups in total. The predicted octanol–water partition coefficient (Wildman–Crippen LogP) is 4.95. The lowest BCUT2D eigenvalue weighted by Crippen LogP contribution is -1.93. The van der Waals surface area contributed by atoms with E-state index in [1.165, 1.54) is 11.1 Å². The van der Waals surface area contributed by atoms with E-state index in [2.05, 4.69) is 28.5 Å². The molecule has 0 unspecified atom stereocenters. The smallest absolute Gasteiger partial charge is 0.138 e. The molecule has 0 spiro atoms. The van der Waals surface area contributed by atoms with Crippen molar-refractivity contribution in [2.45, 2.75) is 13.8 Å². The number of pyridine rings is 1. The number of aryl methyl sites for hydroxylation is 2. The Morgan fingerprint density at radius 1 is 1.00 bits per heavy atom. The van der Waals surface area contributed by atoms with Crippen molar-refractivity contribution in [3.05, 3.63) is 70.4 Å². The summed E-state index contributed by atoms with van der Waals surface area (Å²) in [5, 5.41) is 5.73. The fraction of sp³-hybridized carbons (Fsp3) is 0.111. The van der Waals surface area contributed by atoms with Gasteiger partial charge in [0.25, 0.3) is 0 Å². The highest BCUT2D eigenvalue weighted by Gasteiger charge is 2.03. The van der Waals surface area contributed by atoms with E-state index < -0.39 is 0 Å². The lowest BCUT2D eigenvalue weighted by molar-refractivity contribution is 1.33. The van der Waals surface area contributed by atoms with Gasteiger partial charge in [-0.1, -0.05) is 41.4 Å². The van der Waals surface area contributed by atoms with E-state index in [-0.39, 0.29) is 0 Å². The zero-order valence-corrected chi connectivity index (χ0v) is 13.2. The van der Waals surface area contributed by atoms with E-state index in [1.807, 2.05) is 49.4 Å². The van der Waals surface area contributed by atoms with Crippen molar-refractivity contribution in [1.82, 2.24) is 4.98 Å². The number of fused-ring (bicyclic) bond motifs is 1. The molecule has 0 bridgehead atoms. The van der Waals surface area contributed by atoms with E-state index in [4.69, 9.17) is 11.6 Å². The number of halogens is 1. The van der Waals surface area contributed by atoms with Crippen LogP contribution in [-0.4, -0.2) is 11.2 Å². The minimum absolute atomic E-state index is 0.451. The Morgan fingerprint density at radius 2 is 1.73 bits per heavy atom. The number of nitrogens with one attached hydrogen (secondary N) is 1. The lowest BCUT2D eigenvalue weighted by Gasteiger charge is -2.04. The van der Waals surface area contributed by atoms with Gasteiger partial charge in [-0.05, 0) is 43.7 Å². The van der Waals surface area contributed by atoms with Gasteiger partial charge < -0.3 is 0 Å². The van der Waals surface area contributed by atoms with Crippen LogP contribution in [0.1, 0.15) is 16.7 Å². The molecule has 110 valence electrons. The third-order valence-electron chi connectivity index (χ3n) is 3.40. The Kier molecular flexibility index (Phi) is 4.07. The molecule has 0 saturated heterocycles. The Labute approximate surface area is 134 Å². The molecule has 0 atom stereocenters. The summed E-state index contributed by atoms with van der Waals surface area (Å²) in [4.78, 5) is 4.42. The maximum atomic E-state index is 6.23. The van der Waals surface area contributed by atoms with Gasteiger partial charge in [-0.2, -0.15) is 5.10 Å². The first kappa shape index (κ1) is 14.5.